The lowest BCUT2D eigenvalue weighted by atomic mass is 9.98. The van der Waals surface area contributed by atoms with Gasteiger partial charge in [-0.25, -0.2) is 4.79 Å². The highest BCUT2D eigenvalue weighted by Crippen LogP contribution is 2.44. The Kier molecular flexibility index (Phi) is 7.87. The van der Waals surface area contributed by atoms with Crippen molar-refractivity contribution < 1.29 is 24.2 Å². The molecule has 0 heterocycles. The highest BCUT2D eigenvalue weighted by atomic mass is 16.5. The van der Waals surface area contributed by atoms with Crippen LogP contribution < -0.4 is 5.32 Å². The molecule has 0 fully saturated rings. The Morgan fingerprint density at radius 2 is 1.59 bits per heavy atom. The first-order valence-corrected chi connectivity index (χ1v) is 11.1. The fraction of sp³-hybridized carbons (Fsp3) is 0.400. The van der Waals surface area contributed by atoms with Crippen LogP contribution in [0.3, 0.4) is 0 Å². The van der Waals surface area contributed by atoms with Crippen molar-refractivity contribution in [3.63, 3.8) is 0 Å². The number of alkyl carbamates (subject to hydrolysis) is 1. The molecule has 32 heavy (non-hydrogen) atoms. The lowest BCUT2D eigenvalue weighted by Crippen LogP contribution is -2.50. The third-order valence-corrected chi connectivity index (χ3v) is 5.64. The van der Waals surface area contributed by atoms with Gasteiger partial charge in [0, 0.05) is 12.5 Å². The van der Waals surface area contributed by atoms with Gasteiger partial charge in [-0.15, -0.1) is 0 Å². The maximum absolute atomic E-state index is 12.9. The molecule has 0 spiro atoms. The summed E-state index contributed by atoms with van der Waals surface area (Å²) < 4.78 is 5.55. The van der Waals surface area contributed by atoms with Crippen molar-refractivity contribution in [2.24, 2.45) is 0 Å². The molecule has 2 aromatic rings. The summed E-state index contributed by atoms with van der Waals surface area (Å²) in [5.74, 6) is -1.55. The molecule has 1 atom stereocenters. The maximum Gasteiger partial charge on any atom is 0.407 e. The van der Waals surface area contributed by atoms with Crippen LogP contribution in [0.5, 0.6) is 0 Å². The Labute approximate surface area is 188 Å². The molecule has 0 saturated heterocycles. The number of ether oxygens (including phenoxy) is 1. The van der Waals surface area contributed by atoms with Crippen LogP contribution in [-0.2, 0) is 14.3 Å². The van der Waals surface area contributed by atoms with Gasteiger partial charge in [0.1, 0.15) is 19.2 Å². The highest BCUT2D eigenvalue weighted by Gasteiger charge is 2.30. The van der Waals surface area contributed by atoms with Crippen molar-refractivity contribution in [3.8, 4) is 11.1 Å². The van der Waals surface area contributed by atoms with Gasteiger partial charge in [0.25, 0.3) is 0 Å². The van der Waals surface area contributed by atoms with Crippen LogP contribution in [-0.4, -0.2) is 53.7 Å². The fourth-order valence-electron chi connectivity index (χ4n) is 4.25. The number of benzene rings is 2. The number of fused-ring (bicyclic) bond motifs is 3. The first-order valence-electron chi connectivity index (χ1n) is 11.1. The molecular weight excluding hydrogens is 408 g/mol. The molecule has 0 radical (unpaired) electrons. The molecule has 3 rings (SSSR count). The number of nitrogens with one attached hydrogen (secondary N) is 1. The van der Waals surface area contributed by atoms with E-state index in [0.717, 1.165) is 22.3 Å². The van der Waals surface area contributed by atoms with Gasteiger partial charge in [-0.3, -0.25) is 9.59 Å². The molecule has 2 N–H and O–H groups in total. The summed E-state index contributed by atoms with van der Waals surface area (Å²) in [4.78, 5) is 37.9. The van der Waals surface area contributed by atoms with Crippen molar-refractivity contribution in [3.05, 3.63) is 59.7 Å². The van der Waals surface area contributed by atoms with Gasteiger partial charge in [0.2, 0.25) is 5.91 Å². The number of carbonyl (C=O) groups is 3. The quantitative estimate of drug-likeness (QED) is 0.584. The van der Waals surface area contributed by atoms with Crippen LogP contribution in [0.1, 0.15) is 50.2 Å². The molecule has 0 aliphatic heterocycles. The number of carbonyl (C=O) groups excluding carboxylic acids is 2. The summed E-state index contributed by atoms with van der Waals surface area (Å²) >= 11 is 0. The second kappa shape index (κ2) is 10.8. The third-order valence-electron chi connectivity index (χ3n) is 5.64. The number of aliphatic carboxylic acids is 1. The van der Waals surface area contributed by atoms with Gasteiger partial charge >= 0.3 is 12.1 Å². The van der Waals surface area contributed by atoms with Crippen LogP contribution in [0.25, 0.3) is 11.1 Å². The summed E-state index contributed by atoms with van der Waals surface area (Å²) in [6, 6.07) is 15.3. The molecule has 7 nitrogen and oxygen atoms in total. The van der Waals surface area contributed by atoms with Crippen LogP contribution in [0.2, 0.25) is 0 Å². The molecule has 170 valence electrons. The van der Waals surface area contributed by atoms with Crippen LogP contribution >= 0.6 is 0 Å². The summed E-state index contributed by atoms with van der Waals surface area (Å²) in [6.45, 7) is 3.86. The van der Waals surface area contributed by atoms with Crippen LogP contribution in [0, 0.1) is 0 Å². The molecule has 0 bridgehead atoms. The lowest BCUT2D eigenvalue weighted by Gasteiger charge is -2.26. The van der Waals surface area contributed by atoms with Crippen molar-refractivity contribution in [1.29, 1.82) is 0 Å². The number of nitrogens with zero attached hydrogens (tertiary/aromatic N) is 1. The minimum atomic E-state index is -1.08. The molecule has 2 aromatic carbocycles. The van der Waals surface area contributed by atoms with E-state index in [1.165, 1.54) is 4.90 Å². The average Bonchev–Trinajstić information content (AvgIpc) is 3.10. The number of carboxylic acids is 1. The van der Waals surface area contributed by atoms with E-state index in [1.807, 2.05) is 50.2 Å². The lowest BCUT2D eigenvalue weighted by molar-refractivity contribution is -0.145. The minimum Gasteiger partial charge on any atom is -0.480 e. The van der Waals surface area contributed by atoms with Gasteiger partial charge in [-0.1, -0.05) is 68.8 Å². The number of hydrogen-bond donors (Lipinski definition) is 2. The Morgan fingerprint density at radius 1 is 1.00 bits per heavy atom. The predicted molar refractivity (Wildman–Crippen MR) is 121 cm³/mol. The first kappa shape index (κ1) is 23.3. The molecule has 1 aliphatic rings. The Bertz CT molecular complexity index is 929. The van der Waals surface area contributed by atoms with Gasteiger partial charge in [0.05, 0.1) is 0 Å². The Hall–Kier alpha value is -3.35. The zero-order chi connectivity index (χ0) is 23.1. The van der Waals surface area contributed by atoms with Gasteiger partial charge in [-0.2, -0.15) is 0 Å². The van der Waals surface area contributed by atoms with E-state index >= 15 is 0 Å². The Morgan fingerprint density at radius 3 is 2.12 bits per heavy atom. The van der Waals surface area contributed by atoms with E-state index in [9.17, 15) is 14.4 Å². The molecule has 1 aliphatic carbocycles. The average molecular weight is 439 g/mol. The van der Waals surface area contributed by atoms with E-state index in [-0.39, 0.29) is 19.1 Å². The summed E-state index contributed by atoms with van der Waals surface area (Å²) in [5.41, 5.74) is 4.50. The molecule has 0 aromatic heterocycles. The molecule has 0 unspecified atom stereocenters. The SMILES string of the molecule is CCC[C@@H](NC(=O)OCC1c2ccccc2-c2ccccc21)C(=O)N(CCC)CC(=O)O. The van der Waals surface area contributed by atoms with Crippen molar-refractivity contribution in [2.45, 2.75) is 45.1 Å². The molecule has 2 amide bonds. The standard InChI is InChI=1S/C25H30N2O5/c1-3-9-22(24(30)27(14-4-2)15-23(28)29)26-25(31)32-16-21-19-12-7-5-10-17(19)18-11-6-8-13-20(18)21/h5-8,10-13,21-22H,3-4,9,14-16H2,1-2H3,(H,26,31)(H,28,29)/t22-/m1/s1. The fourth-order valence-corrected chi connectivity index (χ4v) is 4.25. The van der Waals surface area contributed by atoms with Gasteiger partial charge in [0.15, 0.2) is 0 Å². The van der Waals surface area contributed by atoms with E-state index in [4.69, 9.17) is 9.84 Å². The number of hydrogen-bond acceptors (Lipinski definition) is 4. The Balaban J connectivity index is 1.67. The number of rotatable bonds is 10. The zero-order valence-electron chi connectivity index (χ0n) is 18.5. The maximum atomic E-state index is 12.9. The van der Waals surface area contributed by atoms with Crippen molar-refractivity contribution in [2.75, 3.05) is 19.7 Å². The second-order valence-corrected chi connectivity index (χ2v) is 7.96. The summed E-state index contributed by atoms with van der Waals surface area (Å²) in [7, 11) is 0. The largest absolute Gasteiger partial charge is 0.480 e. The van der Waals surface area contributed by atoms with E-state index in [1.54, 1.807) is 0 Å². The predicted octanol–water partition coefficient (Wildman–Crippen LogP) is 4.02. The van der Waals surface area contributed by atoms with Gasteiger partial charge < -0.3 is 20.1 Å². The van der Waals surface area contributed by atoms with Crippen molar-refractivity contribution >= 4 is 18.0 Å². The highest BCUT2D eigenvalue weighted by molar-refractivity contribution is 5.88. The second-order valence-electron chi connectivity index (χ2n) is 7.96. The third kappa shape index (κ3) is 5.28. The first-order chi connectivity index (χ1) is 15.5. The van der Waals surface area contributed by atoms with Gasteiger partial charge in [-0.05, 0) is 35.1 Å². The monoisotopic (exact) mass is 438 g/mol. The molecular formula is C25H30N2O5. The van der Waals surface area contributed by atoms with E-state index in [2.05, 4.69) is 17.4 Å². The van der Waals surface area contributed by atoms with E-state index in [0.29, 0.717) is 25.8 Å². The van der Waals surface area contributed by atoms with Crippen LogP contribution in [0.15, 0.2) is 48.5 Å². The smallest absolute Gasteiger partial charge is 0.407 e. The minimum absolute atomic E-state index is 0.0722. The summed E-state index contributed by atoms with van der Waals surface area (Å²) in [6.07, 6.45) is 1.02. The zero-order valence-corrected chi connectivity index (χ0v) is 18.5. The normalized spacial score (nSPS) is 13.1. The summed E-state index contributed by atoms with van der Waals surface area (Å²) in [5, 5.41) is 11.8. The van der Waals surface area contributed by atoms with Crippen molar-refractivity contribution in [1.82, 2.24) is 10.2 Å². The molecule has 7 heteroatoms. The number of carboxylic acid groups (broad SMARTS) is 1. The topological polar surface area (TPSA) is 95.9 Å². The van der Waals surface area contributed by atoms with E-state index < -0.39 is 24.0 Å². The van der Waals surface area contributed by atoms with Crippen LogP contribution in [0.4, 0.5) is 4.79 Å². The molecule has 0 saturated carbocycles. The number of amides is 2.